The average Bonchev–Trinajstić information content (AvgIpc) is 2.87. The smallest absolute Gasteiger partial charge is 0.234 e. The highest BCUT2D eigenvalue weighted by Crippen LogP contribution is 2.36. The Morgan fingerprint density at radius 2 is 2.00 bits per heavy atom. The summed E-state index contributed by atoms with van der Waals surface area (Å²) in [7, 11) is 0. The molecule has 0 bridgehead atoms. The lowest BCUT2D eigenvalue weighted by Crippen LogP contribution is -2.39. The third kappa shape index (κ3) is 3.49. The molecule has 0 radical (unpaired) electrons. The highest BCUT2D eigenvalue weighted by Gasteiger charge is 2.31. The van der Waals surface area contributed by atoms with Gasteiger partial charge in [-0.2, -0.15) is 0 Å². The zero-order valence-corrected chi connectivity index (χ0v) is 9.81. The molecule has 0 spiro atoms. The van der Waals surface area contributed by atoms with Gasteiger partial charge in [0.15, 0.2) is 0 Å². The van der Waals surface area contributed by atoms with E-state index in [-0.39, 0.29) is 5.91 Å². The van der Waals surface area contributed by atoms with Crippen molar-refractivity contribution in [3.63, 3.8) is 0 Å². The number of hydrogen-bond donors (Lipinski definition) is 2. The van der Waals surface area contributed by atoms with E-state index in [9.17, 15) is 4.79 Å². The third-order valence-electron chi connectivity index (χ3n) is 3.46. The molecule has 15 heavy (non-hydrogen) atoms. The van der Waals surface area contributed by atoms with E-state index in [4.69, 9.17) is 0 Å². The van der Waals surface area contributed by atoms with Gasteiger partial charge in [0.1, 0.15) is 0 Å². The van der Waals surface area contributed by atoms with Gasteiger partial charge in [-0.15, -0.1) is 0 Å². The predicted octanol–water partition coefficient (Wildman–Crippen LogP) is 1.43. The van der Waals surface area contributed by atoms with Crippen molar-refractivity contribution in [2.45, 2.75) is 58.0 Å². The second-order valence-electron chi connectivity index (χ2n) is 5.83. The van der Waals surface area contributed by atoms with Crippen molar-refractivity contribution in [3.8, 4) is 0 Å². The molecular weight excluding hydrogens is 188 g/mol. The summed E-state index contributed by atoms with van der Waals surface area (Å²) in [4.78, 5) is 11.4. The Kier molecular flexibility index (Phi) is 3.01. The van der Waals surface area contributed by atoms with Crippen LogP contribution in [0.2, 0.25) is 0 Å². The van der Waals surface area contributed by atoms with Crippen molar-refractivity contribution in [1.29, 1.82) is 0 Å². The lowest BCUT2D eigenvalue weighted by Gasteiger charge is -2.17. The van der Waals surface area contributed by atoms with Crippen LogP contribution in [0.1, 0.15) is 46.0 Å². The van der Waals surface area contributed by atoms with E-state index in [1.54, 1.807) is 0 Å². The Bertz CT molecular complexity index is 246. The molecule has 3 heteroatoms. The Hall–Kier alpha value is -0.570. The van der Waals surface area contributed by atoms with Gasteiger partial charge in [-0.25, -0.2) is 0 Å². The Morgan fingerprint density at radius 1 is 1.27 bits per heavy atom. The second-order valence-corrected chi connectivity index (χ2v) is 5.83. The SMILES string of the molecule is CC1(C)CC[C@@H](NCC(=O)NC2CC2)C1. The van der Waals surface area contributed by atoms with Crippen LogP contribution in [0.3, 0.4) is 0 Å². The van der Waals surface area contributed by atoms with Gasteiger partial charge in [-0.3, -0.25) is 4.79 Å². The van der Waals surface area contributed by atoms with E-state index in [1.165, 1.54) is 32.1 Å². The molecule has 0 unspecified atom stereocenters. The molecule has 2 rings (SSSR count). The Morgan fingerprint density at radius 3 is 2.53 bits per heavy atom. The minimum Gasteiger partial charge on any atom is -0.352 e. The minimum absolute atomic E-state index is 0.169. The molecule has 2 saturated carbocycles. The van der Waals surface area contributed by atoms with Crippen LogP contribution in [0.15, 0.2) is 0 Å². The zero-order valence-electron chi connectivity index (χ0n) is 9.81. The molecule has 0 aromatic carbocycles. The van der Waals surface area contributed by atoms with Crippen molar-refractivity contribution in [2.24, 2.45) is 5.41 Å². The van der Waals surface area contributed by atoms with Gasteiger partial charge < -0.3 is 10.6 Å². The van der Waals surface area contributed by atoms with E-state index in [0.29, 0.717) is 24.0 Å². The maximum Gasteiger partial charge on any atom is 0.234 e. The van der Waals surface area contributed by atoms with E-state index >= 15 is 0 Å². The molecule has 1 amide bonds. The topological polar surface area (TPSA) is 41.1 Å². The first-order valence-electron chi connectivity index (χ1n) is 6.08. The second kappa shape index (κ2) is 4.12. The highest BCUT2D eigenvalue weighted by molar-refractivity contribution is 5.78. The highest BCUT2D eigenvalue weighted by atomic mass is 16.2. The largest absolute Gasteiger partial charge is 0.352 e. The predicted molar refractivity (Wildman–Crippen MR) is 60.6 cm³/mol. The number of carbonyl (C=O) groups is 1. The first kappa shape index (κ1) is 10.9. The molecule has 0 saturated heterocycles. The number of rotatable bonds is 4. The Labute approximate surface area is 92.0 Å². The normalized spacial score (nSPS) is 29.1. The van der Waals surface area contributed by atoms with Crippen molar-refractivity contribution in [3.05, 3.63) is 0 Å². The quantitative estimate of drug-likeness (QED) is 0.737. The number of nitrogens with one attached hydrogen (secondary N) is 2. The van der Waals surface area contributed by atoms with Gasteiger partial charge >= 0.3 is 0 Å². The van der Waals surface area contributed by atoms with Crippen LogP contribution in [0, 0.1) is 5.41 Å². The van der Waals surface area contributed by atoms with E-state index in [0.717, 1.165) is 0 Å². The lowest BCUT2D eigenvalue weighted by atomic mass is 9.92. The van der Waals surface area contributed by atoms with Gasteiger partial charge in [-0.05, 0) is 37.5 Å². The minimum atomic E-state index is 0.169. The molecule has 3 nitrogen and oxygen atoms in total. The molecular formula is C12H22N2O. The van der Waals surface area contributed by atoms with Gasteiger partial charge in [0.25, 0.3) is 0 Å². The van der Waals surface area contributed by atoms with Crippen molar-refractivity contribution >= 4 is 5.91 Å². The first-order chi connectivity index (χ1) is 7.05. The van der Waals surface area contributed by atoms with Crippen molar-refractivity contribution < 1.29 is 4.79 Å². The fraction of sp³-hybridized carbons (Fsp3) is 0.917. The standard InChI is InChI=1S/C12H22N2O/c1-12(2)6-5-10(7-12)13-8-11(15)14-9-3-4-9/h9-10,13H,3-8H2,1-2H3,(H,14,15)/t10-/m1/s1. The van der Waals surface area contributed by atoms with Crippen LogP contribution >= 0.6 is 0 Å². The van der Waals surface area contributed by atoms with E-state index < -0.39 is 0 Å². The van der Waals surface area contributed by atoms with Crippen LogP contribution in [-0.2, 0) is 4.79 Å². The molecule has 2 aliphatic carbocycles. The molecule has 0 aliphatic heterocycles. The summed E-state index contributed by atoms with van der Waals surface area (Å²) in [5, 5.41) is 6.36. The van der Waals surface area contributed by atoms with E-state index in [2.05, 4.69) is 24.5 Å². The summed E-state index contributed by atoms with van der Waals surface area (Å²) in [5.41, 5.74) is 0.463. The molecule has 0 aromatic heterocycles. The van der Waals surface area contributed by atoms with Gasteiger partial charge in [0, 0.05) is 12.1 Å². The van der Waals surface area contributed by atoms with E-state index in [1.807, 2.05) is 0 Å². The first-order valence-corrected chi connectivity index (χ1v) is 6.08. The van der Waals surface area contributed by atoms with Crippen LogP contribution in [0.5, 0.6) is 0 Å². The fourth-order valence-electron chi connectivity index (χ4n) is 2.35. The summed E-state index contributed by atoms with van der Waals surface area (Å²) < 4.78 is 0. The summed E-state index contributed by atoms with van der Waals surface area (Å²) in [5.74, 6) is 0.169. The molecule has 1 atom stereocenters. The molecule has 0 heterocycles. The van der Waals surface area contributed by atoms with Gasteiger partial charge in [-0.1, -0.05) is 13.8 Å². The average molecular weight is 210 g/mol. The van der Waals surface area contributed by atoms with Crippen LogP contribution in [0.4, 0.5) is 0 Å². The van der Waals surface area contributed by atoms with Crippen LogP contribution < -0.4 is 10.6 Å². The monoisotopic (exact) mass is 210 g/mol. The number of hydrogen-bond acceptors (Lipinski definition) is 2. The van der Waals surface area contributed by atoms with Crippen molar-refractivity contribution in [1.82, 2.24) is 10.6 Å². The van der Waals surface area contributed by atoms with Crippen LogP contribution in [-0.4, -0.2) is 24.5 Å². The number of carbonyl (C=O) groups excluding carboxylic acids is 1. The van der Waals surface area contributed by atoms with Crippen LogP contribution in [0.25, 0.3) is 0 Å². The lowest BCUT2D eigenvalue weighted by molar-refractivity contribution is -0.120. The van der Waals surface area contributed by atoms with Crippen molar-refractivity contribution in [2.75, 3.05) is 6.54 Å². The van der Waals surface area contributed by atoms with Gasteiger partial charge in [0.2, 0.25) is 5.91 Å². The summed E-state index contributed by atoms with van der Waals surface area (Å²) in [6, 6.07) is 1.03. The molecule has 2 fully saturated rings. The Balaban J connectivity index is 1.63. The fourth-order valence-corrected chi connectivity index (χ4v) is 2.35. The molecule has 2 aliphatic rings. The summed E-state index contributed by atoms with van der Waals surface area (Å²) in [6.45, 7) is 5.11. The third-order valence-corrected chi connectivity index (χ3v) is 3.46. The van der Waals surface area contributed by atoms with Gasteiger partial charge in [0.05, 0.1) is 6.54 Å². The summed E-state index contributed by atoms with van der Waals surface area (Å²) >= 11 is 0. The number of amides is 1. The molecule has 2 N–H and O–H groups in total. The maximum absolute atomic E-state index is 11.4. The maximum atomic E-state index is 11.4. The molecule has 86 valence electrons. The molecule has 0 aromatic rings. The summed E-state index contributed by atoms with van der Waals surface area (Å²) in [6.07, 6.45) is 6.02. The zero-order chi connectivity index (χ0) is 10.9.